The minimum atomic E-state index is -0.255. The van der Waals surface area contributed by atoms with Crippen LogP contribution < -0.4 is 9.47 Å². The van der Waals surface area contributed by atoms with Crippen molar-refractivity contribution in [3.63, 3.8) is 0 Å². The number of aryl methyl sites for hydroxylation is 1. The molecule has 1 saturated heterocycles. The molecule has 1 unspecified atom stereocenters. The molecule has 4 aromatic rings. The minimum absolute atomic E-state index is 0.00413. The Morgan fingerprint density at radius 1 is 1.02 bits per heavy atom. The Morgan fingerprint density at radius 3 is 2.57 bits per heavy atom. The first-order chi connectivity index (χ1) is 20.4. The van der Waals surface area contributed by atoms with Crippen molar-refractivity contribution in [1.82, 2.24) is 29.2 Å². The number of amides is 1. The minimum Gasteiger partial charge on any atom is -0.491 e. The van der Waals surface area contributed by atoms with Crippen LogP contribution in [-0.2, 0) is 17.9 Å². The number of hydrogen-bond donors (Lipinski definition) is 0. The lowest BCUT2D eigenvalue weighted by atomic mass is 9.92. The van der Waals surface area contributed by atoms with Gasteiger partial charge < -0.3 is 23.7 Å². The van der Waals surface area contributed by atoms with Crippen LogP contribution in [0.3, 0.4) is 0 Å². The second-order valence-corrected chi connectivity index (χ2v) is 11.4. The highest BCUT2D eigenvalue weighted by Crippen LogP contribution is 2.37. The molecule has 0 bridgehead atoms. The molecule has 4 heterocycles. The third-order valence-electron chi connectivity index (χ3n) is 8.00. The molecule has 0 aliphatic carbocycles. The van der Waals surface area contributed by atoms with E-state index in [0.29, 0.717) is 38.8 Å². The van der Waals surface area contributed by atoms with Gasteiger partial charge in [0.1, 0.15) is 42.1 Å². The van der Waals surface area contributed by atoms with Gasteiger partial charge in [-0.15, -0.1) is 0 Å². The SMILES string of the molecule is Cc1nc(-c2cn3c(n2)-c2ccc(OC(C)C4CCN(C(=O)OCc5ccccc5)CC4)cc2OCC3)n(C(C)C)n1. The van der Waals surface area contributed by atoms with Gasteiger partial charge in [-0.2, -0.15) is 5.10 Å². The molecule has 0 N–H and O–H groups in total. The Morgan fingerprint density at radius 2 is 1.81 bits per heavy atom. The van der Waals surface area contributed by atoms with Crippen LogP contribution in [0.2, 0.25) is 0 Å². The maximum Gasteiger partial charge on any atom is 0.410 e. The van der Waals surface area contributed by atoms with Crippen molar-refractivity contribution >= 4 is 6.09 Å². The smallest absolute Gasteiger partial charge is 0.410 e. The predicted octanol–water partition coefficient (Wildman–Crippen LogP) is 5.91. The summed E-state index contributed by atoms with van der Waals surface area (Å²) in [6, 6.07) is 15.9. The van der Waals surface area contributed by atoms with Crippen LogP contribution in [0.4, 0.5) is 4.79 Å². The molecule has 2 aromatic heterocycles. The number of imidazole rings is 1. The van der Waals surface area contributed by atoms with E-state index in [2.05, 4.69) is 35.4 Å². The second-order valence-electron chi connectivity index (χ2n) is 11.4. The number of aromatic nitrogens is 5. The number of carbonyl (C=O) groups excluding carboxylic acids is 1. The zero-order chi connectivity index (χ0) is 29.2. The van der Waals surface area contributed by atoms with Gasteiger partial charge >= 0.3 is 6.09 Å². The second kappa shape index (κ2) is 11.9. The van der Waals surface area contributed by atoms with E-state index in [1.807, 2.05) is 66.3 Å². The molecule has 1 atom stereocenters. The average Bonchev–Trinajstić information content (AvgIpc) is 3.56. The summed E-state index contributed by atoms with van der Waals surface area (Å²) in [7, 11) is 0. The number of benzene rings is 2. The summed E-state index contributed by atoms with van der Waals surface area (Å²) in [5.74, 6) is 4.21. The number of nitrogens with zero attached hydrogens (tertiary/aromatic N) is 6. The number of rotatable bonds is 7. The third kappa shape index (κ3) is 5.84. The van der Waals surface area contributed by atoms with Crippen molar-refractivity contribution in [1.29, 1.82) is 0 Å². The summed E-state index contributed by atoms with van der Waals surface area (Å²) in [5, 5.41) is 4.56. The van der Waals surface area contributed by atoms with Crippen LogP contribution in [0.25, 0.3) is 22.9 Å². The van der Waals surface area contributed by atoms with Crippen LogP contribution in [0, 0.1) is 12.8 Å². The zero-order valence-electron chi connectivity index (χ0n) is 24.7. The Balaban J connectivity index is 1.09. The van der Waals surface area contributed by atoms with Gasteiger partial charge in [-0.25, -0.2) is 19.4 Å². The van der Waals surface area contributed by atoms with Crippen molar-refractivity contribution in [2.75, 3.05) is 19.7 Å². The highest BCUT2D eigenvalue weighted by Gasteiger charge is 2.29. The average molecular weight is 571 g/mol. The summed E-state index contributed by atoms with van der Waals surface area (Å²) in [4.78, 5) is 24.0. The highest BCUT2D eigenvalue weighted by molar-refractivity contribution is 5.69. The molecule has 2 aromatic carbocycles. The van der Waals surface area contributed by atoms with Gasteiger partial charge in [0.05, 0.1) is 18.2 Å². The van der Waals surface area contributed by atoms with Crippen LogP contribution in [0.1, 0.15) is 51.0 Å². The van der Waals surface area contributed by atoms with Crippen molar-refractivity contribution < 1.29 is 19.0 Å². The predicted molar refractivity (Wildman–Crippen MR) is 158 cm³/mol. The Kier molecular flexibility index (Phi) is 7.86. The molecule has 0 saturated carbocycles. The largest absolute Gasteiger partial charge is 0.491 e. The van der Waals surface area contributed by atoms with Crippen molar-refractivity contribution in [3.8, 4) is 34.4 Å². The molecule has 2 aliphatic heterocycles. The van der Waals surface area contributed by atoms with E-state index in [1.54, 1.807) is 4.90 Å². The number of carbonyl (C=O) groups is 1. The topological polar surface area (TPSA) is 96.5 Å². The zero-order valence-corrected chi connectivity index (χ0v) is 24.7. The lowest BCUT2D eigenvalue weighted by Crippen LogP contribution is -2.42. The summed E-state index contributed by atoms with van der Waals surface area (Å²) >= 11 is 0. The standard InChI is InChI=1S/C32H38N6O4/c1-21(2)38-31(33-23(4)35-38)28-19-37-16-17-40-29-18-26(10-11-27(29)30(37)34-28)42-22(3)25-12-14-36(15-13-25)32(39)41-20-24-8-6-5-7-9-24/h5-11,18-19,21-22,25H,12-17,20H2,1-4H3. The Hall–Kier alpha value is -4.34. The van der Waals surface area contributed by atoms with Crippen LogP contribution in [0.5, 0.6) is 11.5 Å². The van der Waals surface area contributed by atoms with Crippen molar-refractivity contribution in [2.24, 2.45) is 5.92 Å². The fourth-order valence-electron chi connectivity index (χ4n) is 5.68. The monoisotopic (exact) mass is 570 g/mol. The first kappa shape index (κ1) is 27.8. The van der Waals surface area contributed by atoms with E-state index >= 15 is 0 Å². The molecule has 2 aliphatic rings. The van der Waals surface area contributed by atoms with E-state index in [4.69, 9.17) is 19.2 Å². The maximum absolute atomic E-state index is 12.6. The number of hydrogen-bond acceptors (Lipinski definition) is 7. The molecule has 0 radical (unpaired) electrons. The highest BCUT2D eigenvalue weighted by atomic mass is 16.6. The Labute approximate surface area is 246 Å². The van der Waals surface area contributed by atoms with Crippen molar-refractivity contribution in [3.05, 3.63) is 66.1 Å². The fourth-order valence-corrected chi connectivity index (χ4v) is 5.68. The van der Waals surface area contributed by atoms with E-state index in [-0.39, 0.29) is 18.2 Å². The van der Waals surface area contributed by atoms with Gasteiger partial charge in [-0.3, -0.25) is 0 Å². The fraction of sp³-hybridized carbons (Fsp3) is 0.438. The van der Waals surface area contributed by atoms with E-state index in [0.717, 1.165) is 58.6 Å². The van der Waals surface area contributed by atoms with Gasteiger partial charge in [0.25, 0.3) is 0 Å². The van der Waals surface area contributed by atoms with Gasteiger partial charge in [-0.1, -0.05) is 30.3 Å². The van der Waals surface area contributed by atoms with Gasteiger partial charge in [0, 0.05) is 31.4 Å². The molecule has 220 valence electrons. The maximum atomic E-state index is 12.6. The first-order valence-electron chi connectivity index (χ1n) is 14.8. The van der Waals surface area contributed by atoms with Gasteiger partial charge in [0.15, 0.2) is 5.82 Å². The molecule has 1 fully saturated rings. The summed E-state index contributed by atoms with van der Waals surface area (Å²) in [6.45, 7) is 11.0. The van der Waals surface area contributed by atoms with Crippen LogP contribution in [-0.4, -0.2) is 61.1 Å². The summed E-state index contributed by atoms with van der Waals surface area (Å²) in [6.07, 6.45) is 3.50. The van der Waals surface area contributed by atoms with E-state index in [1.165, 1.54) is 0 Å². The van der Waals surface area contributed by atoms with Crippen LogP contribution in [0.15, 0.2) is 54.7 Å². The number of piperidine rings is 1. The molecule has 1 amide bonds. The van der Waals surface area contributed by atoms with E-state index < -0.39 is 0 Å². The van der Waals surface area contributed by atoms with Crippen LogP contribution >= 0.6 is 0 Å². The molecular weight excluding hydrogens is 532 g/mol. The molecule has 10 heteroatoms. The molecule has 0 spiro atoms. The quantitative estimate of drug-likeness (QED) is 0.273. The van der Waals surface area contributed by atoms with Gasteiger partial charge in [-0.05, 0) is 64.2 Å². The first-order valence-corrected chi connectivity index (χ1v) is 14.8. The molecule has 6 rings (SSSR count). The lowest BCUT2D eigenvalue weighted by molar-refractivity contribution is 0.0604. The Bertz CT molecular complexity index is 1540. The molecule has 10 nitrogen and oxygen atoms in total. The molecule has 42 heavy (non-hydrogen) atoms. The van der Waals surface area contributed by atoms with Crippen molar-refractivity contribution in [2.45, 2.75) is 65.8 Å². The normalized spacial score (nSPS) is 15.9. The summed E-state index contributed by atoms with van der Waals surface area (Å²) in [5.41, 5.74) is 2.72. The third-order valence-corrected chi connectivity index (χ3v) is 8.00. The molecular formula is C32H38N6O4. The lowest BCUT2D eigenvalue weighted by Gasteiger charge is -2.34. The van der Waals surface area contributed by atoms with Gasteiger partial charge in [0.2, 0.25) is 0 Å². The number of fused-ring (bicyclic) bond motifs is 3. The van der Waals surface area contributed by atoms with E-state index in [9.17, 15) is 4.79 Å². The summed E-state index contributed by atoms with van der Waals surface area (Å²) < 4.78 is 22.1. The number of ether oxygens (including phenoxy) is 3. The number of likely N-dealkylation sites (tertiary alicyclic amines) is 1.